The second-order valence-electron chi connectivity index (χ2n) is 10.4. The van der Waals surface area contributed by atoms with Crippen molar-refractivity contribution in [3.8, 4) is 0 Å². The first-order chi connectivity index (χ1) is 27.6. The molecular formula is C28H15Br2N11O11S6. The van der Waals surface area contributed by atoms with E-state index >= 15 is 0 Å². The Morgan fingerprint density at radius 3 is 1.22 bits per heavy atom. The van der Waals surface area contributed by atoms with Crippen molar-refractivity contribution in [2.24, 2.45) is 0 Å². The van der Waals surface area contributed by atoms with Crippen LogP contribution < -0.4 is 11.5 Å². The number of aryl methyl sites for hydroxylation is 2. The van der Waals surface area contributed by atoms with E-state index in [0.717, 1.165) is 69.6 Å². The summed E-state index contributed by atoms with van der Waals surface area (Å²) in [5.74, 6) is -1.47. The van der Waals surface area contributed by atoms with Crippen molar-refractivity contribution < 1.29 is 36.9 Å². The summed E-state index contributed by atoms with van der Waals surface area (Å²) in [4.78, 5) is 52.3. The van der Waals surface area contributed by atoms with E-state index in [1.807, 2.05) is 13.8 Å². The van der Waals surface area contributed by atoms with Crippen molar-refractivity contribution in [1.29, 1.82) is 0 Å². The van der Waals surface area contributed by atoms with Crippen LogP contribution >= 0.6 is 99.9 Å². The zero-order chi connectivity index (χ0) is 41.4. The summed E-state index contributed by atoms with van der Waals surface area (Å²) >= 11 is 15.9. The molecule has 0 aliphatic carbocycles. The molecule has 0 aliphatic rings. The number of nitrogen functional groups attached to an aromatic ring is 2. The molecule has 22 nitrogen and oxygen atoms in total. The average Bonchev–Trinajstić information content (AvgIpc) is 3.97. The molecule has 11 aromatic rings. The van der Waals surface area contributed by atoms with E-state index < -0.39 is 26.5 Å². The van der Waals surface area contributed by atoms with E-state index in [1.165, 1.54) is 41.1 Å². The summed E-state index contributed by atoms with van der Waals surface area (Å²) in [6.45, 7) is 3.97. The Hall–Kier alpha value is -5.50. The molecule has 30 heteroatoms. The molecule has 0 unspecified atom stereocenters. The number of nitrogens with two attached hydrogens (primary N) is 2. The molecule has 0 saturated heterocycles. The van der Waals surface area contributed by atoms with Crippen LogP contribution in [0.4, 0.5) is 27.9 Å². The first-order valence-electron chi connectivity index (χ1n) is 15.0. The zero-order valence-electron chi connectivity index (χ0n) is 28.3. The maximum atomic E-state index is 9.93. The number of furan rings is 5. The molecule has 11 aromatic heterocycles. The molecule has 0 aromatic carbocycles. The summed E-state index contributed by atoms with van der Waals surface area (Å²) in [5, 5.41) is 32.7. The largest absolute Gasteiger partial charge is 0.438 e. The van der Waals surface area contributed by atoms with Crippen molar-refractivity contribution >= 4 is 190 Å². The normalized spacial score (nSPS) is 11.0. The van der Waals surface area contributed by atoms with E-state index in [1.54, 1.807) is 45.3 Å². The first kappa shape index (κ1) is 40.7. The van der Waals surface area contributed by atoms with Crippen LogP contribution in [0.2, 0.25) is 0 Å². The minimum atomic E-state index is -0.840. The van der Waals surface area contributed by atoms with Crippen LogP contribution in [0.1, 0.15) is 10.0 Å². The monoisotopic (exact) mass is 1030 g/mol. The highest BCUT2D eigenvalue weighted by Gasteiger charge is 2.19. The molecule has 0 atom stereocenters. The fraction of sp³-hybridized carbons (Fsp3) is 0.0714. The lowest BCUT2D eigenvalue weighted by molar-refractivity contribution is -0.424. The Balaban J connectivity index is 0.000000112. The van der Waals surface area contributed by atoms with Crippen LogP contribution in [0.3, 0.4) is 0 Å². The Morgan fingerprint density at radius 1 is 0.517 bits per heavy atom. The SMILES string of the molecule is Brc1nc2oc3nc(Br)sc3c2s1.Cc1nc2oc3nc(C)sc3c2s1.Nc1nc2oc3nc(N)sc3c2s1.O=[N+]([O-])c1ccc([N+](=O)[O-])o1.O=[N+]([O-])c1ccco1. The van der Waals surface area contributed by atoms with Gasteiger partial charge in [-0.05, 0) is 51.8 Å². The fourth-order valence-electron chi connectivity index (χ4n) is 4.46. The molecule has 0 spiro atoms. The molecule has 4 N–H and O–H groups in total. The summed E-state index contributed by atoms with van der Waals surface area (Å²) in [7, 11) is 0. The molecule has 0 fully saturated rings. The summed E-state index contributed by atoms with van der Waals surface area (Å²) < 4.78 is 32.8. The molecule has 11 heterocycles. The second-order valence-corrected chi connectivity index (χ2v) is 19.5. The Morgan fingerprint density at radius 2 is 0.879 bits per heavy atom. The van der Waals surface area contributed by atoms with Crippen LogP contribution in [0.25, 0.3) is 62.5 Å². The lowest BCUT2D eigenvalue weighted by Gasteiger charge is -1.80. The Kier molecular flexibility index (Phi) is 11.8. The third-order valence-electron chi connectivity index (χ3n) is 6.59. The number of nitro groups is 3. The number of anilines is 2. The lowest BCUT2D eigenvalue weighted by atomic mass is 10.6. The first-order valence-corrected chi connectivity index (χ1v) is 21.5. The molecule has 0 saturated carbocycles. The average molecular weight is 1030 g/mol. The van der Waals surface area contributed by atoms with Gasteiger partial charge in [-0.25, -0.2) is 9.97 Å². The summed E-state index contributed by atoms with van der Waals surface area (Å²) in [5.41, 5.74) is 15.0. The van der Waals surface area contributed by atoms with Gasteiger partial charge in [0.1, 0.15) is 43.0 Å². The maximum absolute atomic E-state index is 9.93. The van der Waals surface area contributed by atoms with Gasteiger partial charge in [-0.3, -0.25) is 30.3 Å². The number of halogens is 2. The van der Waals surface area contributed by atoms with Gasteiger partial charge in [-0.2, -0.15) is 19.9 Å². The van der Waals surface area contributed by atoms with Crippen LogP contribution in [0, 0.1) is 44.2 Å². The predicted octanol–water partition coefficient (Wildman–Crippen LogP) is 11.1. The summed E-state index contributed by atoms with van der Waals surface area (Å²) in [6.07, 6.45) is 1.26. The van der Waals surface area contributed by atoms with Crippen LogP contribution in [0.5, 0.6) is 0 Å². The predicted molar refractivity (Wildman–Crippen MR) is 226 cm³/mol. The van der Waals surface area contributed by atoms with E-state index in [2.05, 4.69) is 70.6 Å². The van der Waals surface area contributed by atoms with Crippen molar-refractivity contribution in [2.75, 3.05) is 11.5 Å². The van der Waals surface area contributed by atoms with Crippen LogP contribution in [-0.2, 0) is 0 Å². The van der Waals surface area contributed by atoms with Crippen LogP contribution in [-0.4, -0.2) is 44.7 Å². The van der Waals surface area contributed by atoms with Gasteiger partial charge in [-0.15, -0.1) is 45.3 Å². The van der Waals surface area contributed by atoms with Gasteiger partial charge in [0, 0.05) is 0 Å². The van der Waals surface area contributed by atoms with Gasteiger partial charge < -0.3 is 33.6 Å². The molecule has 0 aliphatic heterocycles. The third kappa shape index (κ3) is 8.81. The van der Waals surface area contributed by atoms with Crippen molar-refractivity contribution in [3.05, 3.63) is 78.7 Å². The second kappa shape index (κ2) is 16.8. The number of aromatic nitrogens is 6. The topological polar surface area (TPSA) is 324 Å². The molecule has 0 bridgehead atoms. The molecule has 0 radical (unpaired) electrons. The highest BCUT2D eigenvalue weighted by atomic mass is 79.9. The lowest BCUT2D eigenvalue weighted by Crippen LogP contribution is -1.85. The molecule has 0 amide bonds. The number of nitrogens with zero attached hydrogens (tertiary/aromatic N) is 9. The van der Waals surface area contributed by atoms with E-state index in [0.29, 0.717) is 33.1 Å². The number of fused-ring (bicyclic) bond motifs is 9. The van der Waals surface area contributed by atoms with Gasteiger partial charge in [0.2, 0.25) is 34.3 Å². The number of hydrogen-bond donors (Lipinski definition) is 2. The minimum absolute atomic E-state index is 0.218. The Bertz CT molecular complexity index is 2800. The summed E-state index contributed by atoms with van der Waals surface area (Å²) in [6, 6.07) is 4.62. The van der Waals surface area contributed by atoms with E-state index in [4.69, 9.17) is 24.7 Å². The van der Waals surface area contributed by atoms with E-state index in [9.17, 15) is 30.3 Å². The highest BCUT2D eigenvalue weighted by Crippen LogP contribution is 2.40. The van der Waals surface area contributed by atoms with Crippen molar-refractivity contribution in [3.63, 3.8) is 0 Å². The van der Waals surface area contributed by atoms with Gasteiger partial charge >= 0.3 is 17.7 Å². The zero-order valence-corrected chi connectivity index (χ0v) is 36.3. The standard InChI is InChI=1S/C8H6N2OS2.C6Br2N2OS2.C6H4N4OS2.C4H2N2O5.C4H3NO3/c1-3-9-7-5(12-3)6-8(11-7)10-4(2)13-6;2*7-5-9-3-1(12-5)2-4(11-3)10-6(8)13-2;7-5(8)3-1-2-4(11-3)6(9)10;6-5(7)4-2-1-3-8-4/h1-2H3;;(H2,7,9)(H2,8,10);1-2H;1-3H. The smallest absolute Gasteiger partial charge is 0.417 e. The van der Waals surface area contributed by atoms with E-state index in [-0.39, 0.29) is 5.88 Å². The van der Waals surface area contributed by atoms with Gasteiger partial charge in [0.15, 0.2) is 18.1 Å². The van der Waals surface area contributed by atoms with Crippen molar-refractivity contribution in [2.45, 2.75) is 13.8 Å². The minimum Gasteiger partial charge on any atom is -0.417 e. The number of hydrogen-bond acceptors (Lipinski definition) is 25. The highest BCUT2D eigenvalue weighted by molar-refractivity contribution is 9.11. The number of thiazole rings is 6. The Labute approximate surface area is 358 Å². The maximum Gasteiger partial charge on any atom is 0.438 e. The van der Waals surface area contributed by atoms with Gasteiger partial charge in [-0.1, -0.05) is 22.7 Å². The van der Waals surface area contributed by atoms with Gasteiger partial charge in [0.25, 0.3) is 0 Å². The van der Waals surface area contributed by atoms with Crippen LogP contribution in [0.15, 0.2) is 60.4 Å². The van der Waals surface area contributed by atoms with Gasteiger partial charge in [0.05, 0.1) is 34.5 Å². The molecule has 298 valence electrons. The van der Waals surface area contributed by atoms with Crippen molar-refractivity contribution in [1.82, 2.24) is 29.9 Å². The third-order valence-corrected chi connectivity index (χ3v) is 13.7. The fourth-order valence-corrected chi connectivity index (χ4v) is 10.7. The molecule has 58 heavy (non-hydrogen) atoms. The molecule has 11 rings (SSSR count). The number of rotatable bonds is 3. The quantitative estimate of drug-likeness (QED) is 0.123. The molecular weight excluding hydrogens is 1020 g/mol.